The summed E-state index contributed by atoms with van der Waals surface area (Å²) >= 11 is 3.56. The van der Waals surface area contributed by atoms with Gasteiger partial charge in [-0.05, 0) is 202 Å². The molecule has 0 fully saturated rings. The Labute approximate surface area is 842 Å². The lowest BCUT2D eigenvalue weighted by Crippen LogP contribution is -2.39. The SMILES string of the molecule is CCCCCC/C=C\COC(=O)CCCN(CC(=O)OC(CCCCCCC)CCCCCCC)C(=O)SCCN(C)C.CCCCCC/C=C\COC(=O)CN(CC(=O)OC(CCCCCCCC)CCCCCCCC)C(=O)SCCCCN(C)C.CCCCCC/C=C\COC(=O)CN(CC(=O)OC(CCCCCCCC)CCCCCCCC)C(=O)SCCCCN(CC)CC. The Balaban J connectivity index is -0.00000194. The second kappa shape index (κ2) is 105. The fourth-order valence-corrected chi connectivity index (χ4v) is 18.1. The van der Waals surface area contributed by atoms with Crippen molar-refractivity contribution in [1.29, 1.82) is 0 Å². The van der Waals surface area contributed by atoms with E-state index in [0.29, 0.717) is 30.2 Å². The summed E-state index contributed by atoms with van der Waals surface area (Å²) in [7, 11) is 8.01. The number of carbonyl (C=O) groups is 9. The monoisotopic (exact) mass is 1960 g/mol. The molecule has 21 nitrogen and oxygen atoms in total. The van der Waals surface area contributed by atoms with Gasteiger partial charge in [0.2, 0.25) is 0 Å². The van der Waals surface area contributed by atoms with Crippen LogP contribution < -0.4 is 0 Å². The Bertz CT molecular complexity index is 2770. The van der Waals surface area contributed by atoms with Crippen molar-refractivity contribution in [2.75, 3.05) is 137 Å². The Morgan fingerprint density at radius 1 is 0.237 bits per heavy atom. The Morgan fingerprint density at radius 2 is 0.489 bits per heavy atom. The van der Waals surface area contributed by atoms with Gasteiger partial charge in [-0.2, -0.15) is 0 Å². The van der Waals surface area contributed by atoms with E-state index < -0.39 is 23.9 Å². The van der Waals surface area contributed by atoms with Gasteiger partial charge >= 0.3 is 35.8 Å². The molecule has 0 unspecified atom stereocenters. The molecule has 0 aliphatic carbocycles. The molecule has 0 rings (SSSR count). The van der Waals surface area contributed by atoms with Crippen LogP contribution in [0.1, 0.15) is 468 Å². The second-order valence-corrected chi connectivity index (χ2v) is 40.7. The van der Waals surface area contributed by atoms with Crippen LogP contribution in [0.4, 0.5) is 14.4 Å². The van der Waals surface area contributed by atoms with E-state index in [2.05, 4.69) is 92.0 Å². The zero-order valence-corrected chi connectivity index (χ0v) is 92.3. The van der Waals surface area contributed by atoms with E-state index in [9.17, 15) is 43.2 Å². The van der Waals surface area contributed by atoms with Gasteiger partial charge in [-0.1, -0.05) is 385 Å². The highest BCUT2D eigenvalue weighted by molar-refractivity contribution is 8.14. The third-order valence-electron chi connectivity index (χ3n) is 24.0. The van der Waals surface area contributed by atoms with Gasteiger partial charge in [-0.25, -0.2) is 0 Å². The number of rotatable bonds is 93. The van der Waals surface area contributed by atoms with Crippen LogP contribution >= 0.6 is 35.3 Å². The third kappa shape index (κ3) is 96.6. The maximum atomic E-state index is 13.3. The summed E-state index contributed by atoms with van der Waals surface area (Å²) in [6.45, 7) is 28.9. The Morgan fingerprint density at radius 3 is 0.785 bits per heavy atom. The highest BCUT2D eigenvalue weighted by Gasteiger charge is 2.28. The highest BCUT2D eigenvalue weighted by atomic mass is 32.2. The number of allylic oxidation sites excluding steroid dienone is 3. The number of hydrogen-bond acceptors (Lipinski definition) is 21. The minimum Gasteiger partial charge on any atom is -0.461 e. The molecule has 135 heavy (non-hydrogen) atoms. The fourth-order valence-electron chi connectivity index (χ4n) is 15.4. The quantitative estimate of drug-likeness (QED) is 0.0238. The van der Waals surface area contributed by atoms with Crippen molar-refractivity contribution in [3.8, 4) is 0 Å². The van der Waals surface area contributed by atoms with Gasteiger partial charge in [0.15, 0.2) is 0 Å². The molecule has 0 N–H and O–H groups in total. The van der Waals surface area contributed by atoms with E-state index in [0.717, 1.165) is 213 Å². The first-order chi connectivity index (χ1) is 65.6. The number of carbonyl (C=O) groups excluding carboxylic acids is 9. The average Bonchev–Trinajstić information content (AvgIpc) is 0.901. The van der Waals surface area contributed by atoms with Gasteiger partial charge in [-0.15, -0.1) is 0 Å². The number of thioether (sulfide) groups is 3. The molecule has 0 aromatic carbocycles. The van der Waals surface area contributed by atoms with E-state index in [1.54, 1.807) is 4.90 Å². The minimum absolute atomic E-state index is 0.0776. The Kier molecular flexibility index (Phi) is 105. The van der Waals surface area contributed by atoms with Crippen molar-refractivity contribution < 1.29 is 71.6 Å². The van der Waals surface area contributed by atoms with Crippen LogP contribution in [-0.2, 0) is 57.2 Å². The highest BCUT2D eigenvalue weighted by Crippen LogP contribution is 2.24. The van der Waals surface area contributed by atoms with E-state index >= 15 is 0 Å². The first kappa shape index (κ1) is 135. The summed E-state index contributed by atoms with van der Waals surface area (Å²) in [6, 6.07) is 0. The van der Waals surface area contributed by atoms with Crippen molar-refractivity contribution in [3.05, 3.63) is 36.5 Å². The van der Waals surface area contributed by atoms with Crippen LogP contribution in [0.25, 0.3) is 0 Å². The van der Waals surface area contributed by atoms with E-state index in [1.165, 1.54) is 244 Å². The molecule has 0 aliphatic rings. The van der Waals surface area contributed by atoms with Gasteiger partial charge < -0.3 is 57.8 Å². The molecule has 0 spiro atoms. The van der Waals surface area contributed by atoms with Crippen LogP contribution in [0.5, 0.6) is 0 Å². The molecule has 3 amide bonds. The predicted molar refractivity (Wildman–Crippen MR) is 576 cm³/mol. The molecule has 0 aromatic rings. The molecule has 0 bridgehead atoms. The number of esters is 6. The second-order valence-electron chi connectivity index (χ2n) is 37.6. The zero-order chi connectivity index (χ0) is 100. The number of amides is 3. The predicted octanol–water partition coefficient (Wildman–Crippen LogP) is 29.9. The molecule has 792 valence electrons. The van der Waals surface area contributed by atoms with E-state index in [-0.39, 0.29) is 105 Å². The summed E-state index contributed by atoms with van der Waals surface area (Å²) in [6.07, 6.45) is 78.9. The van der Waals surface area contributed by atoms with E-state index in [1.807, 2.05) is 63.5 Å². The van der Waals surface area contributed by atoms with Crippen LogP contribution in [0.2, 0.25) is 0 Å². The van der Waals surface area contributed by atoms with Crippen molar-refractivity contribution >= 4 is 86.8 Å². The summed E-state index contributed by atoms with van der Waals surface area (Å²) in [5.41, 5.74) is 0. The molecule has 0 saturated carbocycles. The lowest BCUT2D eigenvalue weighted by atomic mass is 10.0. The van der Waals surface area contributed by atoms with Gasteiger partial charge in [-0.3, -0.25) is 43.2 Å². The van der Waals surface area contributed by atoms with Gasteiger partial charge in [0.1, 0.15) is 70.9 Å². The maximum absolute atomic E-state index is 13.3. The van der Waals surface area contributed by atoms with E-state index in [4.69, 9.17) is 28.4 Å². The van der Waals surface area contributed by atoms with Gasteiger partial charge in [0, 0.05) is 36.8 Å². The van der Waals surface area contributed by atoms with Crippen molar-refractivity contribution in [3.63, 3.8) is 0 Å². The first-order valence-electron chi connectivity index (χ1n) is 55.4. The number of hydrogen-bond donors (Lipinski definition) is 0. The average molecular weight is 1970 g/mol. The number of ether oxygens (including phenoxy) is 6. The summed E-state index contributed by atoms with van der Waals surface area (Å²) in [5, 5.41) is -0.686. The summed E-state index contributed by atoms with van der Waals surface area (Å²) < 4.78 is 34.1. The topological polar surface area (TPSA) is 228 Å². The van der Waals surface area contributed by atoms with Crippen molar-refractivity contribution in [2.24, 2.45) is 0 Å². The van der Waals surface area contributed by atoms with Crippen LogP contribution in [0.3, 0.4) is 0 Å². The van der Waals surface area contributed by atoms with Crippen LogP contribution in [0.15, 0.2) is 36.5 Å². The molecule has 0 radical (unpaired) electrons. The van der Waals surface area contributed by atoms with Gasteiger partial charge in [0.25, 0.3) is 15.7 Å². The van der Waals surface area contributed by atoms with Gasteiger partial charge in [0.05, 0.1) is 0 Å². The molecule has 24 heteroatoms. The molecule has 0 aromatic heterocycles. The van der Waals surface area contributed by atoms with Crippen molar-refractivity contribution in [2.45, 2.75) is 486 Å². The molecular formula is C111H210N6O15S3. The zero-order valence-electron chi connectivity index (χ0n) is 89.9. The maximum Gasteiger partial charge on any atom is 0.326 e. The smallest absolute Gasteiger partial charge is 0.326 e. The third-order valence-corrected chi connectivity index (χ3v) is 26.9. The molecule has 0 heterocycles. The molecule has 0 saturated heterocycles. The normalized spacial score (nSPS) is 11.5. The molecular weight excluding hydrogens is 1750 g/mol. The summed E-state index contributed by atoms with van der Waals surface area (Å²) in [5.74, 6) is -0.553. The van der Waals surface area contributed by atoms with Crippen molar-refractivity contribution in [1.82, 2.24) is 29.4 Å². The minimum atomic E-state index is -0.504. The molecule has 0 atom stereocenters. The fraction of sp³-hybridized carbons (Fsp3) is 0.865. The first-order valence-corrected chi connectivity index (χ1v) is 58.3. The number of nitrogens with zero attached hydrogens (tertiary/aromatic N) is 6. The standard InChI is InChI=1S/C39H74N2O5S.C37H70N2O5S.C35H66N2O5S/c1-6-11-14-17-20-23-27-32-45-37(42)34-41(39(44)47-33-28-26-31-40(9-4)10-5)35-38(43)46-36(29-24-21-18-15-12-7-2)30-25-22-19-16-13-8-3;1-6-9-12-15-18-21-25-30-43-35(40)32-39(37(42)45-31-26-24-29-38(4)5)33-36(41)44-34(27-22-19-16-13-10-7-2)28-23-20-17-14-11-8-3;1-6-9-12-15-16-19-22-29-41-33(38)26-23-27-37(35(40)43-30-28-36(4)5)31-34(39)42-32(24-20-17-13-10-7-2)25-21-18-14-11-8-3/h23,27,36H,6-22,24-26,28-35H2,1-5H3;21,25,34H,6-20,22-24,26-33H2,1-5H3;19,22,32H,6-18,20-21,23-31H2,1-5H3/b27-23-;25-21-;22-19-. The lowest BCUT2D eigenvalue weighted by Gasteiger charge is -2.24. The van der Waals surface area contributed by atoms with Crippen LogP contribution in [-0.4, -0.2) is 237 Å². The molecule has 0 aliphatic heterocycles. The summed E-state index contributed by atoms with van der Waals surface area (Å²) in [4.78, 5) is 127. The number of unbranched alkanes of at least 4 members (excludes halogenated alkanes) is 42. The largest absolute Gasteiger partial charge is 0.461 e. The lowest BCUT2D eigenvalue weighted by molar-refractivity contribution is -0.153. The van der Waals surface area contributed by atoms with Crippen LogP contribution in [0, 0.1) is 0 Å². The Hall–Kier alpha value is -4.62.